The Morgan fingerprint density at radius 3 is 2.61 bits per heavy atom. The van der Waals surface area contributed by atoms with E-state index in [0.29, 0.717) is 18.5 Å². The molecular weight excluding hydrogens is 290 g/mol. The minimum Gasteiger partial charge on any atom is -0.512 e. The number of esters is 1. The summed E-state index contributed by atoms with van der Waals surface area (Å²) in [7, 11) is 0. The van der Waals surface area contributed by atoms with Crippen LogP contribution in [0.2, 0.25) is 0 Å². The molecule has 1 unspecified atom stereocenters. The molecule has 4 nitrogen and oxygen atoms in total. The highest BCUT2D eigenvalue weighted by Gasteiger charge is 2.39. The Bertz CT molecular complexity index is 739. The van der Waals surface area contributed by atoms with E-state index < -0.39 is 11.6 Å². The normalized spacial score (nSPS) is 20.7. The fourth-order valence-electron chi connectivity index (χ4n) is 3.02. The summed E-state index contributed by atoms with van der Waals surface area (Å²) in [5.41, 5.74) is 7.64. The lowest BCUT2D eigenvalue weighted by molar-refractivity contribution is -0.159. The van der Waals surface area contributed by atoms with Gasteiger partial charge in [-0.1, -0.05) is 42.5 Å². The third-order valence-corrected chi connectivity index (χ3v) is 4.12. The molecule has 1 aliphatic rings. The lowest BCUT2D eigenvalue weighted by Crippen LogP contribution is -2.36. The zero-order valence-corrected chi connectivity index (χ0v) is 12.7. The van der Waals surface area contributed by atoms with Crippen LogP contribution in [-0.2, 0) is 21.6 Å². The summed E-state index contributed by atoms with van der Waals surface area (Å²) < 4.78 is 5.68. The first-order chi connectivity index (χ1) is 11.1. The van der Waals surface area contributed by atoms with E-state index in [9.17, 15) is 9.90 Å². The fraction of sp³-hybridized carbons (Fsp3) is 0.211. The molecule has 1 atom stereocenters. The van der Waals surface area contributed by atoms with E-state index in [1.165, 1.54) is 0 Å². The number of aliphatic hydroxyl groups is 1. The van der Waals surface area contributed by atoms with E-state index in [1.807, 2.05) is 54.6 Å². The molecule has 0 bridgehead atoms. The van der Waals surface area contributed by atoms with Crippen molar-refractivity contribution in [3.63, 3.8) is 0 Å². The van der Waals surface area contributed by atoms with E-state index in [-0.39, 0.29) is 12.2 Å². The molecule has 4 heteroatoms. The van der Waals surface area contributed by atoms with Crippen LogP contribution in [0.15, 0.2) is 66.4 Å². The number of hydrogen-bond acceptors (Lipinski definition) is 4. The number of aliphatic hydroxyl groups excluding tert-OH is 1. The highest BCUT2D eigenvalue weighted by molar-refractivity contribution is 5.84. The summed E-state index contributed by atoms with van der Waals surface area (Å²) in [6.45, 7) is 0. The van der Waals surface area contributed by atoms with Crippen LogP contribution in [0, 0.1) is 0 Å². The maximum Gasteiger partial charge on any atom is 0.335 e. The number of rotatable bonds is 4. The Morgan fingerprint density at radius 1 is 1.13 bits per heavy atom. The number of nitrogen functional groups attached to an aromatic ring is 1. The van der Waals surface area contributed by atoms with Gasteiger partial charge in [0.2, 0.25) is 0 Å². The molecule has 23 heavy (non-hydrogen) atoms. The summed E-state index contributed by atoms with van der Waals surface area (Å²) in [6.07, 6.45) is 2.69. The monoisotopic (exact) mass is 309 g/mol. The van der Waals surface area contributed by atoms with Crippen molar-refractivity contribution < 1.29 is 14.6 Å². The molecule has 2 aromatic carbocycles. The maximum absolute atomic E-state index is 11.8. The van der Waals surface area contributed by atoms with Crippen LogP contribution in [0.5, 0.6) is 0 Å². The van der Waals surface area contributed by atoms with Gasteiger partial charge in [-0.3, -0.25) is 0 Å². The van der Waals surface area contributed by atoms with Crippen molar-refractivity contribution in [3.05, 3.63) is 77.6 Å². The molecule has 0 saturated carbocycles. The van der Waals surface area contributed by atoms with Gasteiger partial charge in [0.05, 0.1) is 6.08 Å². The molecule has 1 aliphatic heterocycles. The molecule has 0 radical (unpaired) electrons. The van der Waals surface area contributed by atoms with Crippen molar-refractivity contribution in [2.45, 2.75) is 24.9 Å². The molecule has 3 rings (SSSR count). The molecule has 0 fully saturated rings. The van der Waals surface area contributed by atoms with Gasteiger partial charge in [0.15, 0.2) is 0 Å². The summed E-state index contributed by atoms with van der Waals surface area (Å²) >= 11 is 0. The minimum absolute atomic E-state index is 0.0534. The first-order valence-electron chi connectivity index (χ1n) is 7.60. The van der Waals surface area contributed by atoms with Gasteiger partial charge in [0.1, 0.15) is 11.4 Å². The molecular formula is C19H19NO3. The molecule has 0 aliphatic carbocycles. The van der Waals surface area contributed by atoms with E-state index in [1.54, 1.807) is 0 Å². The van der Waals surface area contributed by atoms with Crippen LogP contribution in [-0.4, -0.2) is 11.1 Å². The summed E-state index contributed by atoms with van der Waals surface area (Å²) in [4.78, 5) is 11.8. The number of carbonyl (C=O) groups is 1. The number of carbonyl (C=O) groups excluding carboxylic acids is 1. The van der Waals surface area contributed by atoms with Gasteiger partial charge in [-0.15, -0.1) is 0 Å². The van der Waals surface area contributed by atoms with Crippen LogP contribution < -0.4 is 5.73 Å². The smallest absolute Gasteiger partial charge is 0.335 e. The molecule has 118 valence electrons. The Labute approximate surface area is 135 Å². The number of hydrogen-bond donors (Lipinski definition) is 2. The first kappa shape index (κ1) is 15.2. The molecule has 0 spiro atoms. The predicted octanol–water partition coefficient (Wildman–Crippen LogP) is 3.49. The van der Waals surface area contributed by atoms with E-state index in [2.05, 4.69) is 0 Å². The molecule has 0 amide bonds. The van der Waals surface area contributed by atoms with Crippen LogP contribution in [0.3, 0.4) is 0 Å². The van der Waals surface area contributed by atoms with Gasteiger partial charge >= 0.3 is 5.97 Å². The summed E-state index contributed by atoms with van der Waals surface area (Å²) in [6, 6.07) is 17.2. The second kappa shape index (κ2) is 6.16. The van der Waals surface area contributed by atoms with Gasteiger partial charge in [-0.2, -0.15) is 0 Å². The van der Waals surface area contributed by atoms with Gasteiger partial charge in [0.25, 0.3) is 0 Å². The Hall–Kier alpha value is -2.75. The number of benzene rings is 2. The third kappa shape index (κ3) is 3.37. The SMILES string of the molecule is Nc1cccc(CCC2(c3ccccc3)CC(O)=CC(=O)O2)c1. The van der Waals surface area contributed by atoms with Crippen LogP contribution in [0.4, 0.5) is 5.69 Å². The first-order valence-corrected chi connectivity index (χ1v) is 7.60. The lowest BCUT2D eigenvalue weighted by Gasteiger charge is -2.36. The fourth-order valence-corrected chi connectivity index (χ4v) is 3.02. The van der Waals surface area contributed by atoms with E-state index in [4.69, 9.17) is 10.5 Å². The molecule has 2 aromatic rings. The average Bonchev–Trinajstić information content (AvgIpc) is 2.53. The Morgan fingerprint density at radius 2 is 1.91 bits per heavy atom. The van der Waals surface area contributed by atoms with Crippen molar-refractivity contribution >= 4 is 11.7 Å². The minimum atomic E-state index is -0.845. The standard InChI is InChI=1S/C19H19NO3/c20-16-8-4-5-14(11-16)9-10-19(15-6-2-1-3-7-15)13-17(21)12-18(22)23-19/h1-8,11-12,21H,9-10,13,20H2. The molecule has 0 aromatic heterocycles. The van der Waals surface area contributed by atoms with Crippen LogP contribution >= 0.6 is 0 Å². The van der Waals surface area contributed by atoms with Gasteiger partial charge in [0, 0.05) is 12.1 Å². The van der Waals surface area contributed by atoms with Crippen LogP contribution in [0.1, 0.15) is 24.0 Å². The zero-order chi connectivity index (χ0) is 16.3. The average molecular weight is 309 g/mol. The van der Waals surface area contributed by atoms with Crippen LogP contribution in [0.25, 0.3) is 0 Å². The highest BCUT2D eigenvalue weighted by Crippen LogP contribution is 2.39. The van der Waals surface area contributed by atoms with Crippen molar-refractivity contribution in [1.29, 1.82) is 0 Å². The van der Waals surface area contributed by atoms with Crippen molar-refractivity contribution in [2.75, 3.05) is 5.73 Å². The molecule has 0 saturated heterocycles. The summed E-state index contributed by atoms with van der Waals surface area (Å²) in [5.74, 6) is -0.456. The second-order valence-corrected chi connectivity index (χ2v) is 5.84. The number of ether oxygens (including phenoxy) is 1. The van der Waals surface area contributed by atoms with Crippen molar-refractivity contribution in [3.8, 4) is 0 Å². The number of anilines is 1. The molecule has 1 heterocycles. The zero-order valence-electron chi connectivity index (χ0n) is 12.7. The third-order valence-electron chi connectivity index (χ3n) is 4.12. The second-order valence-electron chi connectivity index (χ2n) is 5.84. The lowest BCUT2D eigenvalue weighted by atomic mass is 9.82. The van der Waals surface area contributed by atoms with E-state index >= 15 is 0 Å². The number of aryl methyl sites for hydroxylation is 1. The maximum atomic E-state index is 11.8. The van der Waals surface area contributed by atoms with Gasteiger partial charge < -0.3 is 15.6 Å². The Kier molecular flexibility index (Phi) is 4.06. The van der Waals surface area contributed by atoms with Gasteiger partial charge in [-0.05, 0) is 36.1 Å². The largest absolute Gasteiger partial charge is 0.512 e. The predicted molar refractivity (Wildman–Crippen MR) is 88.7 cm³/mol. The van der Waals surface area contributed by atoms with Crippen molar-refractivity contribution in [1.82, 2.24) is 0 Å². The topological polar surface area (TPSA) is 72.5 Å². The highest BCUT2D eigenvalue weighted by atomic mass is 16.6. The summed E-state index contributed by atoms with van der Waals surface area (Å²) in [5, 5.41) is 9.96. The Balaban J connectivity index is 1.90. The van der Waals surface area contributed by atoms with Crippen molar-refractivity contribution in [2.24, 2.45) is 0 Å². The number of cyclic esters (lactones) is 1. The number of nitrogens with two attached hydrogens (primary N) is 1. The molecule has 3 N–H and O–H groups in total. The quantitative estimate of drug-likeness (QED) is 0.670. The van der Waals surface area contributed by atoms with E-state index in [0.717, 1.165) is 17.2 Å². The van der Waals surface area contributed by atoms with Gasteiger partial charge in [-0.25, -0.2) is 4.79 Å².